The molecule has 1 aliphatic carbocycles. The van der Waals surface area contributed by atoms with E-state index >= 15 is 0 Å². The van der Waals surface area contributed by atoms with Gasteiger partial charge in [-0.2, -0.15) is 0 Å². The summed E-state index contributed by atoms with van der Waals surface area (Å²) >= 11 is 0. The molecule has 4 heteroatoms. The normalized spacial score (nSPS) is 21.3. The maximum absolute atomic E-state index is 11.8. The van der Waals surface area contributed by atoms with Gasteiger partial charge in [-0.1, -0.05) is 12.1 Å². The monoisotopic (exact) mass is 331 g/mol. The average Bonchev–Trinajstić information content (AvgIpc) is 2.52. The number of esters is 1. The van der Waals surface area contributed by atoms with Gasteiger partial charge in [-0.05, 0) is 82.4 Å². The van der Waals surface area contributed by atoms with Crippen LogP contribution >= 0.6 is 0 Å². The van der Waals surface area contributed by atoms with E-state index in [2.05, 4.69) is 0 Å². The zero-order chi connectivity index (χ0) is 17.7. The number of nitrogens with two attached hydrogens (primary N) is 1. The number of benzene rings is 1. The number of carbonyl (C=O) groups excluding carboxylic acids is 2. The minimum atomic E-state index is -0.397. The molecule has 1 amide bonds. The molecule has 0 heterocycles. The number of amides is 1. The molecule has 0 aromatic heterocycles. The highest BCUT2D eigenvalue weighted by atomic mass is 16.6. The van der Waals surface area contributed by atoms with Gasteiger partial charge in [0.2, 0.25) is 5.91 Å². The van der Waals surface area contributed by atoms with Gasteiger partial charge in [-0.3, -0.25) is 9.59 Å². The molecule has 0 atom stereocenters. The highest BCUT2D eigenvalue weighted by molar-refractivity contribution is 5.92. The van der Waals surface area contributed by atoms with Crippen LogP contribution < -0.4 is 5.73 Å². The van der Waals surface area contributed by atoms with Gasteiger partial charge in [0, 0.05) is 12.0 Å². The Morgan fingerprint density at radius 2 is 1.67 bits per heavy atom. The summed E-state index contributed by atoms with van der Waals surface area (Å²) in [5.41, 5.74) is 6.73. The van der Waals surface area contributed by atoms with Crippen molar-refractivity contribution in [3.8, 4) is 0 Å². The number of carbonyl (C=O) groups is 2. The van der Waals surface area contributed by atoms with Gasteiger partial charge < -0.3 is 10.5 Å². The van der Waals surface area contributed by atoms with Crippen LogP contribution in [0.25, 0.3) is 0 Å². The summed E-state index contributed by atoms with van der Waals surface area (Å²) in [6.07, 6.45) is 5.99. The maximum Gasteiger partial charge on any atom is 0.306 e. The number of rotatable bonds is 5. The largest absolute Gasteiger partial charge is 0.460 e. The Morgan fingerprint density at radius 3 is 2.17 bits per heavy atom. The third-order valence-electron chi connectivity index (χ3n) is 4.69. The van der Waals surface area contributed by atoms with Crippen molar-refractivity contribution in [2.24, 2.45) is 11.7 Å². The second-order valence-electron chi connectivity index (χ2n) is 7.83. The molecule has 24 heavy (non-hydrogen) atoms. The van der Waals surface area contributed by atoms with Gasteiger partial charge in [0.15, 0.2) is 0 Å². The highest BCUT2D eigenvalue weighted by Gasteiger charge is 2.24. The fourth-order valence-corrected chi connectivity index (χ4v) is 3.42. The summed E-state index contributed by atoms with van der Waals surface area (Å²) in [5.74, 6) is 0.683. The Kier molecular flexibility index (Phi) is 6.03. The van der Waals surface area contributed by atoms with Crippen LogP contribution in [-0.2, 0) is 9.53 Å². The minimum absolute atomic E-state index is 0.0911. The summed E-state index contributed by atoms with van der Waals surface area (Å²) < 4.78 is 5.37. The zero-order valence-electron chi connectivity index (χ0n) is 15.0. The Bertz CT molecular complexity index is 564. The molecule has 0 unspecified atom stereocenters. The number of ether oxygens (including phenoxy) is 1. The van der Waals surface area contributed by atoms with Gasteiger partial charge in [0.05, 0.1) is 0 Å². The molecule has 0 aliphatic heterocycles. The van der Waals surface area contributed by atoms with E-state index in [4.69, 9.17) is 10.5 Å². The van der Waals surface area contributed by atoms with Crippen LogP contribution in [0.2, 0.25) is 0 Å². The molecule has 132 valence electrons. The standard InChI is InChI=1S/C20H29NO3/c1-20(2,3)24-18(22)13-6-14-4-7-15(8-5-14)16-9-11-17(12-10-16)19(21)23/h9-12,14-15H,4-8,13H2,1-3H3,(H2,21,23)/t14-,15-. The van der Waals surface area contributed by atoms with Crippen molar-refractivity contribution < 1.29 is 14.3 Å². The Morgan fingerprint density at radius 1 is 1.08 bits per heavy atom. The second kappa shape index (κ2) is 7.82. The third kappa shape index (κ3) is 5.66. The molecule has 1 saturated carbocycles. The first kappa shape index (κ1) is 18.5. The van der Waals surface area contributed by atoms with Crippen LogP contribution in [0.4, 0.5) is 0 Å². The first-order valence-corrected chi connectivity index (χ1v) is 8.86. The van der Waals surface area contributed by atoms with E-state index in [0.29, 0.717) is 23.8 Å². The van der Waals surface area contributed by atoms with Gasteiger partial charge in [0.1, 0.15) is 5.60 Å². The molecule has 0 radical (unpaired) electrons. The van der Waals surface area contributed by atoms with Crippen LogP contribution in [0.1, 0.15) is 81.1 Å². The molecule has 4 nitrogen and oxygen atoms in total. The van der Waals surface area contributed by atoms with Crippen LogP contribution in [-0.4, -0.2) is 17.5 Å². The van der Waals surface area contributed by atoms with E-state index in [1.54, 1.807) is 0 Å². The molecule has 0 saturated heterocycles. The quantitative estimate of drug-likeness (QED) is 0.823. The van der Waals surface area contributed by atoms with E-state index in [9.17, 15) is 9.59 Å². The lowest BCUT2D eigenvalue weighted by molar-refractivity contribution is -0.155. The number of hydrogen-bond acceptors (Lipinski definition) is 3. The summed E-state index contributed by atoms with van der Waals surface area (Å²) in [5, 5.41) is 0. The van der Waals surface area contributed by atoms with E-state index in [1.807, 2.05) is 45.0 Å². The van der Waals surface area contributed by atoms with Crippen molar-refractivity contribution in [3.05, 3.63) is 35.4 Å². The third-order valence-corrected chi connectivity index (χ3v) is 4.69. The predicted molar refractivity (Wildman–Crippen MR) is 94.7 cm³/mol. The molecular formula is C20H29NO3. The SMILES string of the molecule is CC(C)(C)OC(=O)CC[C@H]1CC[C@H](c2ccc(C(N)=O)cc2)CC1. The molecular weight excluding hydrogens is 302 g/mol. The van der Waals surface area contributed by atoms with Crippen LogP contribution in [0.15, 0.2) is 24.3 Å². The van der Waals surface area contributed by atoms with E-state index < -0.39 is 5.60 Å². The molecule has 0 spiro atoms. The Labute approximate surface area is 144 Å². The summed E-state index contributed by atoms with van der Waals surface area (Å²) in [6.45, 7) is 5.71. The van der Waals surface area contributed by atoms with Crippen molar-refractivity contribution in [2.75, 3.05) is 0 Å². The first-order chi connectivity index (χ1) is 11.2. The topological polar surface area (TPSA) is 69.4 Å². The first-order valence-electron chi connectivity index (χ1n) is 8.86. The van der Waals surface area contributed by atoms with E-state index in [0.717, 1.165) is 32.1 Å². The van der Waals surface area contributed by atoms with Crippen molar-refractivity contribution in [2.45, 2.75) is 70.8 Å². The Hall–Kier alpha value is -1.84. The summed E-state index contributed by atoms with van der Waals surface area (Å²) in [7, 11) is 0. The summed E-state index contributed by atoms with van der Waals surface area (Å²) in [6, 6.07) is 7.66. The lowest BCUT2D eigenvalue weighted by Crippen LogP contribution is -2.24. The fraction of sp³-hybridized carbons (Fsp3) is 0.600. The van der Waals surface area contributed by atoms with Crippen molar-refractivity contribution in [3.63, 3.8) is 0 Å². The van der Waals surface area contributed by atoms with Crippen molar-refractivity contribution in [1.82, 2.24) is 0 Å². The molecule has 1 aromatic rings. The average molecular weight is 331 g/mol. The minimum Gasteiger partial charge on any atom is -0.460 e. The Balaban J connectivity index is 1.77. The van der Waals surface area contributed by atoms with E-state index in [-0.39, 0.29) is 11.9 Å². The number of hydrogen-bond donors (Lipinski definition) is 1. The van der Waals surface area contributed by atoms with Crippen molar-refractivity contribution >= 4 is 11.9 Å². The smallest absolute Gasteiger partial charge is 0.306 e. The van der Waals surface area contributed by atoms with Gasteiger partial charge in [-0.25, -0.2) is 0 Å². The highest BCUT2D eigenvalue weighted by Crippen LogP contribution is 2.37. The van der Waals surface area contributed by atoms with Crippen LogP contribution in [0.3, 0.4) is 0 Å². The van der Waals surface area contributed by atoms with E-state index in [1.165, 1.54) is 5.56 Å². The lowest BCUT2D eigenvalue weighted by Gasteiger charge is -2.29. The predicted octanol–water partition coefficient (Wildman–Crippen LogP) is 4.18. The molecule has 2 rings (SSSR count). The van der Waals surface area contributed by atoms with Gasteiger partial charge in [0.25, 0.3) is 0 Å². The molecule has 1 fully saturated rings. The van der Waals surface area contributed by atoms with Gasteiger partial charge in [-0.15, -0.1) is 0 Å². The van der Waals surface area contributed by atoms with Gasteiger partial charge >= 0.3 is 5.97 Å². The molecule has 1 aliphatic rings. The maximum atomic E-state index is 11.8. The fourth-order valence-electron chi connectivity index (χ4n) is 3.42. The molecule has 1 aromatic carbocycles. The zero-order valence-corrected chi connectivity index (χ0v) is 15.0. The number of primary amides is 1. The summed E-state index contributed by atoms with van der Waals surface area (Å²) in [4.78, 5) is 22.9. The lowest BCUT2D eigenvalue weighted by atomic mass is 9.77. The molecule has 0 bridgehead atoms. The molecule has 2 N–H and O–H groups in total. The van der Waals surface area contributed by atoms with Crippen molar-refractivity contribution in [1.29, 1.82) is 0 Å². The van der Waals surface area contributed by atoms with Crippen LogP contribution in [0, 0.1) is 5.92 Å². The van der Waals surface area contributed by atoms with Crippen LogP contribution in [0.5, 0.6) is 0 Å². The second-order valence-corrected chi connectivity index (χ2v) is 7.83.